The summed E-state index contributed by atoms with van der Waals surface area (Å²) in [5.41, 5.74) is 2.46. The molecule has 23 heavy (non-hydrogen) atoms. The van der Waals surface area contributed by atoms with E-state index in [1.165, 1.54) is 5.57 Å². The number of imidazole rings is 1. The monoisotopic (exact) mass is 313 g/mol. The molecule has 5 nitrogen and oxygen atoms in total. The number of aryl methyl sites for hydroxylation is 1. The zero-order valence-corrected chi connectivity index (χ0v) is 13.7. The van der Waals surface area contributed by atoms with E-state index in [-0.39, 0.29) is 6.04 Å². The number of hydrogen-bond acceptors (Lipinski definition) is 4. The van der Waals surface area contributed by atoms with E-state index in [0.29, 0.717) is 6.61 Å². The van der Waals surface area contributed by atoms with Crippen LogP contribution in [0.5, 0.6) is 5.75 Å². The molecule has 2 heterocycles. The van der Waals surface area contributed by atoms with Gasteiger partial charge in [-0.05, 0) is 29.7 Å². The molecule has 0 aliphatic carbocycles. The molecular formula is C18H23N3O2. The number of methoxy groups -OCH3 is 1. The lowest BCUT2D eigenvalue weighted by atomic mass is 10.0. The van der Waals surface area contributed by atoms with Crippen molar-refractivity contribution in [3.8, 4) is 5.75 Å². The van der Waals surface area contributed by atoms with Gasteiger partial charge >= 0.3 is 0 Å². The Morgan fingerprint density at radius 1 is 1.35 bits per heavy atom. The van der Waals surface area contributed by atoms with Crippen LogP contribution in [0.4, 0.5) is 0 Å². The summed E-state index contributed by atoms with van der Waals surface area (Å²) >= 11 is 0. The van der Waals surface area contributed by atoms with Gasteiger partial charge in [-0.15, -0.1) is 0 Å². The Bertz CT molecular complexity index is 661. The second kappa shape index (κ2) is 7.44. The van der Waals surface area contributed by atoms with Gasteiger partial charge in [0.2, 0.25) is 0 Å². The van der Waals surface area contributed by atoms with Gasteiger partial charge in [0.15, 0.2) is 0 Å². The molecule has 1 aromatic heterocycles. The van der Waals surface area contributed by atoms with Gasteiger partial charge in [-0.25, -0.2) is 4.98 Å². The van der Waals surface area contributed by atoms with Crippen LogP contribution < -0.4 is 10.1 Å². The van der Waals surface area contributed by atoms with Crippen molar-refractivity contribution in [2.75, 3.05) is 26.9 Å². The van der Waals surface area contributed by atoms with Crippen molar-refractivity contribution < 1.29 is 9.47 Å². The second-order valence-electron chi connectivity index (χ2n) is 5.69. The smallest absolute Gasteiger partial charge is 0.130 e. The zero-order chi connectivity index (χ0) is 16.1. The van der Waals surface area contributed by atoms with Crippen LogP contribution in [-0.2, 0) is 11.8 Å². The molecule has 1 aliphatic heterocycles. The molecule has 1 N–H and O–H groups in total. The Morgan fingerprint density at radius 3 is 2.78 bits per heavy atom. The summed E-state index contributed by atoms with van der Waals surface area (Å²) in [6.45, 7) is 2.33. The van der Waals surface area contributed by atoms with Crippen LogP contribution in [0.1, 0.15) is 23.9 Å². The number of benzene rings is 1. The van der Waals surface area contributed by atoms with Gasteiger partial charge in [0.05, 0.1) is 26.4 Å². The number of ether oxygens (including phenoxy) is 2. The first-order chi connectivity index (χ1) is 11.3. The molecule has 1 atom stereocenters. The molecule has 0 fully saturated rings. The maximum absolute atomic E-state index is 5.52. The van der Waals surface area contributed by atoms with Crippen molar-refractivity contribution in [1.82, 2.24) is 14.9 Å². The lowest BCUT2D eigenvalue weighted by Crippen LogP contribution is -2.28. The normalized spacial score (nSPS) is 16.0. The maximum Gasteiger partial charge on any atom is 0.130 e. The molecule has 0 spiro atoms. The van der Waals surface area contributed by atoms with Crippen molar-refractivity contribution in [2.45, 2.75) is 12.5 Å². The average molecular weight is 313 g/mol. The average Bonchev–Trinajstić information content (AvgIpc) is 3.02. The topological polar surface area (TPSA) is 48.3 Å². The van der Waals surface area contributed by atoms with E-state index in [2.05, 4.69) is 28.5 Å². The van der Waals surface area contributed by atoms with Gasteiger partial charge in [0.1, 0.15) is 11.6 Å². The van der Waals surface area contributed by atoms with E-state index in [0.717, 1.165) is 36.7 Å². The molecule has 0 amide bonds. The summed E-state index contributed by atoms with van der Waals surface area (Å²) in [6, 6.07) is 8.16. The molecular weight excluding hydrogens is 290 g/mol. The fourth-order valence-electron chi connectivity index (χ4n) is 2.77. The molecule has 1 unspecified atom stereocenters. The van der Waals surface area contributed by atoms with Crippen molar-refractivity contribution in [3.05, 3.63) is 59.7 Å². The standard InChI is InChI=1S/C18H23N3O2/c1-21-10-9-19-18(21)17(15-5-7-16(22-2)8-6-15)20-12-14-4-3-11-23-13-14/h4-10,17,20H,3,11-13H2,1-2H3. The minimum absolute atomic E-state index is 0.0312. The van der Waals surface area contributed by atoms with Gasteiger partial charge in [-0.1, -0.05) is 18.2 Å². The predicted molar refractivity (Wildman–Crippen MR) is 89.6 cm³/mol. The molecule has 1 aromatic carbocycles. The van der Waals surface area contributed by atoms with Crippen molar-refractivity contribution in [2.24, 2.45) is 7.05 Å². The highest BCUT2D eigenvalue weighted by Gasteiger charge is 2.18. The predicted octanol–water partition coefficient (Wildman–Crippen LogP) is 2.45. The summed E-state index contributed by atoms with van der Waals surface area (Å²) in [5.74, 6) is 1.85. The number of rotatable bonds is 6. The first-order valence-corrected chi connectivity index (χ1v) is 7.88. The Labute approximate surface area is 136 Å². The van der Waals surface area contributed by atoms with E-state index < -0.39 is 0 Å². The maximum atomic E-state index is 5.52. The van der Waals surface area contributed by atoms with Gasteiger partial charge in [0, 0.05) is 26.0 Å². The van der Waals surface area contributed by atoms with E-state index >= 15 is 0 Å². The quantitative estimate of drug-likeness (QED) is 0.832. The third-order valence-electron chi connectivity index (χ3n) is 4.08. The fourth-order valence-corrected chi connectivity index (χ4v) is 2.77. The van der Waals surface area contributed by atoms with Gasteiger partial charge in [0.25, 0.3) is 0 Å². The van der Waals surface area contributed by atoms with Crippen LogP contribution in [0.2, 0.25) is 0 Å². The van der Waals surface area contributed by atoms with Gasteiger partial charge in [-0.2, -0.15) is 0 Å². The number of nitrogens with zero attached hydrogens (tertiary/aromatic N) is 2. The third kappa shape index (κ3) is 3.81. The highest BCUT2D eigenvalue weighted by atomic mass is 16.5. The summed E-state index contributed by atoms with van der Waals surface area (Å²) in [7, 11) is 3.70. The molecule has 0 saturated carbocycles. The van der Waals surface area contributed by atoms with Crippen molar-refractivity contribution >= 4 is 0 Å². The van der Waals surface area contributed by atoms with E-state index in [1.54, 1.807) is 7.11 Å². The fraction of sp³-hybridized carbons (Fsp3) is 0.389. The van der Waals surface area contributed by atoms with Gasteiger partial charge in [-0.3, -0.25) is 5.32 Å². The van der Waals surface area contributed by atoms with E-state index in [1.807, 2.05) is 36.1 Å². The molecule has 2 aromatic rings. The Balaban J connectivity index is 1.81. The lowest BCUT2D eigenvalue weighted by Gasteiger charge is -2.21. The van der Waals surface area contributed by atoms with Gasteiger partial charge < -0.3 is 14.0 Å². The van der Waals surface area contributed by atoms with Crippen LogP contribution in [0.3, 0.4) is 0 Å². The molecule has 5 heteroatoms. The van der Waals surface area contributed by atoms with Crippen LogP contribution in [-0.4, -0.2) is 36.4 Å². The number of aromatic nitrogens is 2. The van der Waals surface area contributed by atoms with E-state index in [9.17, 15) is 0 Å². The van der Waals surface area contributed by atoms with Crippen LogP contribution >= 0.6 is 0 Å². The van der Waals surface area contributed by atoms with E-state index in [4.69, 9.17) is 9.47 Å². The minimum atomic E-state index is 0.0312. The SMILES string of the molecule is COc1ccc(C(NCC2=CCCOC2)c2nccn2C)cc1. The minimum Gasteiger partial charge on any atom is -0.497 e. The largest absolute Gasteiger partial charge is 0.497 e. The Hall–Kier alpha value is -2.11. The first kappa shape index (κ1) is 15.8. The van der Waals surface area contributed by atoms with Crippen LogP contribution in [0.15, 0.2) is 48.3 Å². The molecule has 1 aliphatic rings. The summed E-state index contributed by atoms with van der Waals surface area (Å²) in [6.07, 6.45) is 7.06. The highest BCUT2D eigenvalue weighted by molar-refractivity contribution is 5.32. The molecule has 0 bridgehead atoms. The van der Waals surface area contributed by atoms with Crippen molar-refractivity contribution in [3.63, 3.8) is 0 Å². The zero-order valence-electron chi connectivity index (χ0n) is 13.7. The Morgan fingerprint density at radius 2 is 2.17 bits per heavy atom. The number of nitrogens with one attached hydrogen (secondary N) is 1. The molecule has 122 valence electrons. The lowest BCUT2D eigenvalue weighted by molar-refractivity contribution is 0.148. The third-order valence-corrected chi connectivity index (χ3v) is 4.08. The van der Waals surface area contributed by atoms with Crippen LogP contribution in [0, 0.1) is 0 Å². The molecule has 3 rings (SSSR count). The molecule has 0 radical (unpaired) electrons. The Kier molecular flexibility index (Phi) is 5.10. The molecule has 0 saturated heterocycles. The second-order valence-corrected chi connectivity index (χ2v) is 5.69. The van der Waals surface area contributed by atoms with Crippen molar-refractivity contribution in [1.29, 1.82) is 0 Å². The highest BCUT2D eigenvalue weighted by Crippen LogP contribution is 2.23. The summed E-state index contributed by atoms with van der Waals surface area (Å²) in [5, 5.41) is 3.61. The summed E-state index contributed by atoms with van der Waals surface area (Å²) in [4.78, 5) is 4.52. The summed E-state index contributed by atoms with van der Waals surface area (Å²) < 4.78 is 12.8. The van der Waals surface area contributed by atoms with Crippen LogP contribution in [0.25, 0.3) is 0 Å². The first-order valence-electron chi connectivity index (χ1n) is 7.88. The number of hydrogen-bond donors (Lipinski definition) is 1.